The van der Waals surface area contributed by atoms with E-state index in [1.807, 2.05) is 20.8 Å². The molecule has 0 bridgehead atoms. The Labute approximate surface area is 117 Å². The minimum absolute atomic E-state index is 0.0526. The summed E-state index contributed by atoms with van der Waals surface area (Å²) >= 11 is 0. The molecule has 0 spiro atoms. The van der Waals surface area contributed by atoms with Crippen molar-refractivity contribution in [2.45, 2.75) is 33.1 Å². The average molecular weight is 324 g/mol. The number of benzene rings is 1. The van der Waals surface area contributed by atoms with Crippen molar-refractivity contribution in [2.75, 3.05) is 0 Å². The van der Waals surface area contributed by atoms with Crippen molar-refractivity contribution in [3.63, 3.8) is 0 Å². The second-order valence-electron chi connectivity index (χ2n) is 5.38. The molecule has 0 fully saturated rings. The molecule has 1 atom stereocenters. The van der Waals surface area contributed by atoms with Crippen LogP contribution in [0.15, 0.2) is 18.2 Å². The number of aryl methyl sites for hydroxylation is 1. The average Bonchev–Trinajstić information content (AvgIpc) is 2.09. The van der Waals surface area contributed by atoms with E-state index in [1.54, 1.807) is 19.1 Å². The van der Waals surface area contributed by atoms with Gasteiger partial charge in [0, 0.05) is 5.56 Å². The Morgan fingerprint density at radius 3 is 2.10 bits per heavy atom. The van der Waals surface area contributed by atoms with E-state index in [1.165, 1.54) is 6.07 Å². The SMILES string of the molecule is Cc1ccc(C(C)(C)C)c(OP(=O)(O)OP(=O)(O)O)c1. The molecule has 0 heterocycles. The van der Waals surface area contributed by atoms with Crippen molar-refractivity contribution < 1.29 is 32.6 Å². The topological polar surface area (TPSA) is 113 Å². The Kier molecular flexibility index (Phi) is 4.87. The zero-order chi connectivity index (χ0) is 15.8. The molecule has 114 valence electrons. The smallest absolute Gasteiger partial charge is 0.404 e. The van der Waals surface area contributed by atoms with Crippen molar-refractivity contribution in [1.82, 2.24) is 0 Å². The van der Waals surface area contributed by atoms with E-state index in [4.69, 9.17) is 14.3 Å². The fourth-order valence-electron chi connectivity index (χ4n) is 1.60. The maximum absolute atomic E-state index is 11.6. The molecule has 7 nitrogen and oxygen atoms in total. The van der Waals surface area contributed by atoms with Gasteiger partial charge in [0.15, 0.2) is 0 Å². The Morgan fingerprint density at radius 1 is 1.10 bits per heavy atom. The molecule has 0 amide bonds. The van der Waals surface area contributed by atoms with Crippen LogP contribution in [0.2, 0.25) is 0 Å². The Bertz CT molecular complexity index is 585. The van der Waals surface area contributed by atoms with Gasteiger partial charge in [0.1, 0.15) is 5.75 Å². The monoisotopic (exact) mass is 324 g/mol. The van der Waals surface area contributed by atoms with Crippen LogP contribution in [0.25, 0.3) is 0 Å². The predicted molar refractivity (Wildman–Crippen MR) is 73.5 cm³/mol. The molecule has 9 heteroatoms. The van der Waals surface area contributed by atoms with Crippen molar-refractivity contribution in [3.05, 3.63) is 29.3 Å². The van der Waals surface area contributed by atoms with Gasteiger partial charge in [-0.25, -0.2) is 9.13 Å². The first-order valence-electron chi connectivity index (χ1n) is 5.71. The maximum atomic E-state index is 11.6. The fourth-order valence-corrected chi connectivity index (χ4v) is 3.21. The molecule has 1 aromatic rings. The minimum atomic E-state index is -5.13. The summed E-state index contributed by atoms with van der Waals surface area (Å²) in [4.78, 5) is 26.6. The number of hydrogen-bond donors (Lipinski definition) is 3. The van der Waals surface area contributed by atoms with Gasteiger partial charge in [0.25, 0.3) is 0 Å². The zero-order valence-electron chi connectivity index (χ0n) is 11.6. The predicted octanol–water partition coefficient (Wildman–Crippen LogP) is 2.88. The van der Waals surface area contributed by atoms with Gasteiger partial charge in [-0.15, -0.1) is 0 Å². The van der Waals surface area contributed by atoms with Crippen molar-refractivity contribution in [1.29, 1.82) is 0 Å². The van der Waals surface area contributed by atoms with Gasteiger partial charge in [0.2, 0.25) is 0 Å². The highest BCUT2D eigenvalue weighted by Gasteiger charge is 2.35. The summed E-state index contributed by atoms with van der Waals surface area (Å²) in [7, 11) is -10.0. The van der Waals surface area contributed by atoms with E-state index in [0.717, 1.165) is 5.56 Å². The van der Waals surface area contributed by atoms with Crippen LogP contribution in [0.3, 0.4) is 0 Å². The molecule has 0 saturated carbocycles. The summed E-state index contributed by atoms with van der Waals surface area (Å²) in [5.74, 6) is 0.0526. The van der Waals surface area contributed by atoms with Gasteiger partial charge < -0.3 is 14.3 Å². The van der Waals surface area contributed by atoms with E-state index in [-0.39, 0.29) is 11.2 Å². The molecule has 0 aliphatic heterocycles. The number of hydrogen-bond acceptors (Lipinski definition) is 4. The summed E-state index contributed by atoms with van der Waals surface area (Å²) < 4.78 is 30.9. The lowest BCUT2D eigenvalue weighted by atomic mass is 9.86. The molecule has 1 unspecified atom stereocenters. The number of rotatable bonds is 4. The van der Waals surface area contributed by atoms with Crippen LogP contribution in [-0.2, 0) is 18.9 Å². The quantitative estimate of drug-likeness (QED) is 0.730. The molecule has 0 aliphatic carbocycles. The van der Waals surface area contributed by atoms with E-state index < -0.39 is 15.6 Å². The van der Waals surface area contributed by atoms with Gasteiger partial charge in [-0.3, -0.25) is 4.89 Å². The Morgan fingerprint density at radius 2 is 1.65 bits per heavy atom. The summed E-state index contributed by atoms with van der Waals surface area (Å²) in [6.07, 6.45) is 0. The van der Waals surface area contributed by atoms with Crippen LogP contribution in [0.1, 0.15) is 31.9 Å². The van der Waals surface area contributed by atoms with E-state index in [9.17, 15) is 14.0 Å². The molecular weight excluding hydrogens is 306 g/mol. The molecule has 0 radical (unpaired) electrons. The zero-order valence-corrected chi connectivity index (χ0v) is 13.4. The van der Waals surface area contributed by atoms with Crippen LogP contribution in [0.4, 0.5) is 0 Å². The molecule has 1 rings (SSSR count). The third-order valence-electron chi connectivity index (χ3n) is 2.37. The molecule has 3 N–H and O–H groups in total. The Hall–Kier alpha value is -0.680. The van der Waals surface area contributed by atoms with E-state index in [0.29, 0.717) is 5.56 Å². The minimum Gasteiger partial charge on any atom is -0.404 e. The summed E-state index contributed by atoms with van der Waals surface area (Å²) in [5, 5.41) is 0. The Balaban J connectivity index is 3.18. The van der Waals surface area contributed by atoms with Crippen LogP contribution in [0.5, 0.6) is 5.75 Å². The van der Waals surface area contributed by atoms with Crippen LogP contribution >= 0.6 is 15.6 Å². The normalized spacial score (nSPS) is 15.8. The van der Waals surface area contributed by atoms with Crippen molar-refractivity contribution >= 4 is 15.6 Å². The molecular formula is C11H18O7P2. The van der Waals surface area contributed by atoms with Gasteiger partial charge in [-0.05, 0) is 24.0 Å². The molecule has 0 aromatic heterocycles. The largest absolute Gasteiger partial charge is 0.536 e. The van der Waals surface area contributed by atoms with Gasteiger partial charge in [-0.2, -0.15) is 4.31 Å². The first-order valence-corrected chi connectivity index (χ1v) is 8.73. The fraction of sp³-hybridized carbons (Fsp3) is 0.455. The summed E-state index contributed by atoms with van der Waals surface area (Å²) in [5.41, 5.74) is 1.00. The molecule has 20 heavy (non-hydrogen) atoms. The van der Waals surface area contributed by atoms with Crippen LogP contribution in [0, 0.1) is 6.92 Å². The lowest BCUT2D eigenvalue weighted by Crippen LogP contribution is -2.13. The lowest BCUT2D eigenvalue weighted by molar-refractivity contribution is 0.228. The highest BCUT2D eigenvalue weighted by atomic mass is 31.3. The maximum Gasteiger partial charge on any atom is 0.536 e. The molecule has 0 saturated heterocycles. The van der Waals surface area contributed by atoms with Crippen molar-refractivity contribution in [2.24, 2.45) is 0 Å². The standard InChI is InChI=1S/C11H18O7P2/c1-8-5-6-9(11(2,3)4)10(7-8)17-20(15,16)18-19(12,13)14/h5-7H,1-4H3,(H,15,16)(H2,12,13,14). The number of phosphoric ester groups is 1. The summed E-state index contributed by atoms with van der Waals surface area (Å²) in [6, 6.07) is 5.04. The summed E-state index contributed by atoms with van der Waals surface area (Å²) in [6.45, 7) is 7.37. The number of phosphoric acid groups is 2. The van der Waals surface area contributed by atoms with Crippen LogP contribution in [-0.4, -0.2) is 14.7 Å². The molecule has 0 aliphatic rings. The highest BCUT2D eigenvalue weighted by Crippen LogP contribution is 2.58. The van der Waals surface area contributed by atoms with Crippen LogP contribution < -0.4 is 4.52 Å². The van der Waals surface area contributed by atoms with Gasteiger partial charge >= 0.3 is 15.6 Å². The first-order chi connectivity index (χ1) is 8.80. The first kappa shape index (κ1) is 17.4. The van der Waals surface area contributed by atoms with Gasteiger partial charge in [-0.1, -0.05) is 32.9 Å². The van der Waals surface area contributed by atoms with E-state index >= 15 is 0 Å². The third-order valence-corrected chi connectivity index (χ3v) is 4.47. The van der Waals surface area contributed by atoms with Gasteiger partial charge in [0.05, 0.1) is 0 Å². The van der Waals surface area contributed by atoms with Crippen molar-refractivity contribution in [3.8, 4) is 5.75 Å². The second-order valence-corrected chi connectivity index (χ2v) is 8.14. The second kappa shape index (κ2) is 5.60. The van der Waals surface area contributed by atoms with E-state index in [2.05, 4.69) is 4.31 Å². The highest BCUT2D eigenvalue weighted by molar-refractivity contribution is 7.60. The lowest BCUT2D eigenvalue weighted by Gasteiger charge is -2.24. The molecule has 1 aromatic carbocycles. The third kappa shape index (κ3) is 5.37.